The van der Waals surface area contributed by atoms with Crippen molar-refractivity contribution in [1.82, 2.24) is 19.1 Å². The molecule has 48 heavy (non-hydrogen) atoms. The highest BCUT2D eigenvalue weighted by molar-refractivity contribution is 6.39. The van der Waals surface area contributed by atoms with Crippen LogP contribution in [0, 0.1) is 0 Å². The Bertz CT molecular complexity index is 2510. The van der Waals surface area contributed by atoms with E-state index in [-0.39, 0.29) is 22.2 Å². The average Bonchev–Trinajstić information content (AvgIpc) is 3.09. The van der Waals surface area contributed by atoms with E-state index in [0.717, 1.165) is 60.1 Å². The molecule has 0 fully saturated rings. The second-order valence-electron chi connectivity index (χ2n) is 13.7. The maximum absolute atomic E-state index is 14.0. The smallest absolute Gasteiger partial charge is 0.261 e. The first-order valence-corrected chi connectivity index (χ1v) is 17.9. The minimum atomic E-state index is -0.292. The van der Waals surface area contributed by atoms with Gasteiger partial charge in [-0.2, -0.15) is 0 Å². The van der Waals surface area contributed by atoms with Crippen molar-refractivity contribution in [2.24, 2.45) is 0 Å². The first-order valence-electron chi connectivity index (χ1n) is 17.9. The van der Waals surface area contributed by atoms with Crippen LogP contribution >= 0.6 is 0 Å². The molecule has 0 radical (unpaired) electrons. The van der Waals surface area contributed by atoms with Crippen molar-refractivity contribution in [2.75, 3.05) is 0 Å². The monoisotopic (exact) mass is 640 g/mol. The molecule has 0 bridgehead atoms. The first-order chi connectivity index (χ1) is 23.4. The van der Waals surface area contributed by atoms with Gasteiger partial charge in [0.25, 0.3) is 22.2 Å². The minimum Gasteiger partial charge on any atom is -0.274 e. The lowest BCUT2D eigenvalue weighted by atomic mass is 9.89. The van der Waals surface area contributed by atoms with Gasteiger partial charge in [0, 0.05) is 56.2 Å². The van der Waals surface area contributed by atoms with Gasteiger partial charge in [-0.05, 0) is 49.2 Å². The lowest BCUT2D eigenvalue weighted by Crippen LogP contribution is -2.33. The highest BCUT2D eigenvalue weighted by Crippen LogP contribution is 2.44. The van der Waals surface area contributed by atoms with Gasteiger partial charge < -0.3 is 0 Å². The van der Waals surface area contributed by atoms with E-state index < -0.39 is 0 Å². The van der Waals surface area contributed by atoms with Crippen molar-refractivity contribution in [3.8, 4) is 0 Å². The third-order valence-electron chi connectivity index (χ3n) is 10.6. The van der Waals surface area contributed by atoms with E-state index in [0.29, 0.717) is 67.5 Å². The van der Waals surface area contributed by atoms with Crippen LogP contribution in [-0.4, -0.2) is 19.1 Å². The Morgan fingerprint density at radius 3 is 1.19 bits per heavy atom. The Hall–Kier alpha value is -4.72. The molecule has 8 heteroatoms. The topological polar surface area (TPSA) is 104 Å². The summed E-state index contributed by atoms with van der Waals surface area (Å²) in [4.78, 5) is 65.7. The van der Waals surface area contributed by atoms with E-state index in [9.17, 15) is 19.2 Å². The summed E-state index contributed by atoms with van der Waals surface area (Å²) in [7, 11) is 0. The molecule has 4 aromatic carbocycles. The van der Waals surface area contributed by atoms with Crippen molar-refractivity contribution < 1.29 is 0 Å². The molecular weight excluding hydrogens is 600 g/mol. The molecule has 0 amide bonds. The largest absolute Gasteiger partial charge is 0.274 e. The maximum Gasteiger partial charge on any atom is 0.261 e. The van der Waals surface area contributed by atoms with E-state index >= 15 is 0 Å². The molecule has 4 heterocycles. The number of aromatic nitrogens is 4. The second kappa shape index (κ2) is 12.1. The Morgan fingerprint density at radius 1 is 0.417 bits per heavy atom. The lowest BCUT2D eigenvalue weighted by Gasteiger charge is -2.19. The Balaban J connectivity index is 1.33. The zero-order valence-corrected chi connectivity index (χ0v) is 27.8. The SMILES string of the molecule is CCCCCCCCn1c(=O)c2ccc3nc4cc5c(=O)n(CCCCCCCC)c(=O)c6ccc7nc8cc(c1=O)c2c3c8c4c7c65. The molecular formula is C40H40N4O4. The molecule has 0 saturated carbocycles. The van der Waals surface area contributed by atoms with Gasteiger partial charge in [0.05, 0.1) is 32.8 Å². The number of unbranched alkanes of at least 4 members (excludes halogenated alkanes) is 10. The lowest BCUT2D eigenvalue weighted by molar-refractivity contribution is 0.545. The Morgan fingerprint density at radius 2 is 0.771 bits per heavy atom. The number of pyridine rings is 4. The molecule has 0 saturated heterocycles. The highest BCUT2D eigenvalue weighted by atomic mass is 16.2. The van der Waals surface area contributed by atoms with E-state index in [1.165, 1.54) is 47.7 Å². The van der Waals surface area contributed by atoms with Gasteiger partial charge in [-0.25, -0.2) is 9.97 Å². The summed E-state index contributed by atoms with van der Waals surface area (Å²) in [5.41, 5.74) is 1.45. The van der Waals surface area contributed by atoms with Gasteiger partial charge in [-0.3, -0.25) is 28.3 Å². The number of nitrogens with zero attached hydrogens (tertiary/aromatic N) is 4. The molecule has 244 valence electrons. The van der Waals surface area contributed by atoms with Crippen LogP contribution in [0.1, 0.15) is 90.9 Å². The number of hydrogen-bond acceptors (Lipinski definition) is 6. The molecule has 8 nitrogen and oxygen atoms in total. The van der Waals surface area contributed by atoms with Crippen LogP contribution in [0.5, 0.6) is 0 Å². The summed E-state index contributed by atoms with van der Waals surface area (Å²) in [5, 5.41) is 6.27. The van der Waals surface area contributed by atoms with Gasteiger partial charge in [-0.15, -0.1) is 0 Å². The molecule has 0 atom stereocenters. The summed E-state index contributed by atoms with van der Waals surface area (Å²) in [5.74, 6) is 0. The zero-order valence-electron chi connectivity index (χ0n) is 27.8. The molecule has 0 aliphatic rings. The molecule has 8 aromatic rings. The van der Waals surface area contributed by atoms with Crippen molar-refractivity contribution >= 4 is 75.9 Å². The van der Waals surface area contributed by atoms with Crippen molar-refractivity contribution in [3.63, 3.8) is 0 Å². The zero-order chi connectivity index (χ0) is 33.1. The normalized spacial score (nSPS) is 12.6. The molecule has 0 aliphatic heterocycles. The Labute approximate surface area is 276 Å². The van der Waals surface area contributed by atoms with Gasteiger partial charge in [-0.1, -0.05) is 78.1 Å². The number of rotatable bonds is 14. The summed E-state index contributed by atoms with van der Waals surface area (Å²) >= 11 is 0. The second-order valence-corrected chi connectivity index (χ2v) is 13.7. The fourth-order valence-corrected chi connectivity index (χ4v) is 8.16. The minimum absolute atomic E-state index is 0.273. The standard InChI is InChI=1S/C40H40N4O4/c1-3-5-7-9-11-13-19-43-37(45)23-15-17-27-33-31(23)25(39(43)47)21-29-35(33)36-30(42-27)22-26-32-24(16-18-28(41-29)34(32)36)38(46)44(40(26)48)20-14-12-10-8-6-4-2/h15-18,21-22H,3-14,19-20H2,1-2H3. The molecule has 0 N–H and O–H groups in total. The van der Waals surface area contributed by atoms with E-state index in [4.69, 9.17) is 9.97 Å². The van der Waals surface area contributed by atoms with E-state index in [2.05, 4.69) is 13.8 Å². The van der Waals surface area contributed by atoms with Crippen LogP contribution in [0.25, 0.3) is 75.9 Å². The average molecular weight is 641 g/mol. The Kier molecular flexibility index (Phi) is 7.69. The molecule has 0 unspecified atom stereocenters. The predicted molar refractivity (Wildman–Crippen MR) is 197 cm³/mol. The molecule has 0 aliphatic carbocycles. The third kappa shape index (κ3) is 4.55. The van der Waals surface area contributed by atoms with Gasteiger partial charge in [0.2, 0.25) is 0 Å². The third-order valence-corrected chi connectivity index (χ3v) is 10.6. The summed E-state index contributed by atoms with van der Waals surface area (Å²) in [6.45, 7) is 5.15. The quantitative estimate of drug-likeness (QED) is 0.0677. The van der Waals surface area contributed by atoms with Gasteiger partial charge in [0.1, 0.15) is 0 Å². The van der Waals surface area contributed by atoms with Crippen LogP contribution in [0.4, 0.5) is 0 Å². The molecule has 8 rings (SSSR count). The molecule has 0 spiro atoms. The van der Waals surface area contributed by atoms with Crippen molar-refractivity contribution in [3.05, 3.63) is 77.8 Å². The summed E-state index contributed by atoms with van der Waals surface area (Å²) in [6.07, 6.45) is 12.8. The number of benzene rings is 4. The molecule has 4 aromatic heterocycles. The highest BCUT2D eigenvalue weighted by Gasteiger charge is 2.26. The first kappa shape index (κ1) is 30.6. The van der Waals surface area contributed by atoms with Crippen LogP contribution in [0.2, 0.25) is 0 Å². The predicted octanol–water partition coefficient (Wildman–Crippen LogP) is 8.07. The maximum atomic E-state index is 14.0. The van der Waals surface area contributed by atoms with E-state index in [1.807, 2.05) is 24.3 Å². The van der Waals surface area contributed by atoms with Gasteiger partial charge in [0.15, 0.2) is 0 Å². The summed E-state index contributed by atoms with van der Waals surface area (Å²) < 4.78 is 2.79. The van der Waals surface area contributed by atoms with Gasteiger partial charge >= 0.3 is 0 Å². The summed E-state index contributed by atoms with van der Waals surface area (Å²) in [6, 6.07) is 10.9. The fraction of sp³-hybridized carbons (Fsp3) is 0.400. The van der Waals surface area contributed by atoms with Crippen molar-refractivity contribution in [1.29, 1.82) is 0 Å². The van der Waals surface area contributed by atoms with Crippen LogP contribution in [-0.2, 0) is 13.1 Å². The van der Waals surface area contributed by atoms with Crippen molar-refractivity contribution in [2.45, 2.75) is 104 Å². The number of hydrogen-bond donors (Lipinski definition) is 0. The fourth-order valence-electron chi connectivity index (χ4n) is 8.16. The van der Waals surface area contributed by atoms with Crippen LogP contribution in [0.3, 0.4) is 0 Å². The van der Waals surface area contributed by atoms with Crippen LogP contribution < -0.4 is 22.2 Å². The van der Waals surface area contributed by atoms with Crippen LogP contribution in [0.15, 0.2) is 55.6 Å². The van der Waals surface area contributed by atoms with E-state index in [1.54, 1.807) is 12.1 Å².